The molecule has 7 nitrogen and oxygen atoms in total. The van der Waals surface area contributed by atoms with Crippen LogP contribution >= 0.6 is 0 Å². The van der Waals surface area contributed by atoms with E-state index in [2.05, 4.69) is 10.6 Å². The zero-order chi connectivity index (χ0) is 17.5. The fraction of sp³-hybridized carbons (Fsp3) is 0.500. The predicted molar refractivity (Wildman–Crippen MR) is 83.6 cm³/mol. The van der Waals surface area contributed by atoms with Gasteiger partial charge < -0.3 is 20.5 Å². The molecule has 9 heteroatoms. The van der Waals surface area contributed by atoms with Gasteiger partial charge in [0.05, 0.1) is 29.0 Å². The number of amides is 2. The van der Waals surface area contributed by atoms with Crippen molar-refractivity contribution in [3.8, 4) is 0 Å². The van der Waals surface area contributed by atoms with E-state index in [4.69, 9.17) is 4.74 Å². The Hall–Kier alpha value is -1.71. The minimum Gasteiger partial charge on any atom is -0.394 e. The van der Waals surface area contributed by atoms with E-state index in [0.29, 0.717) is 13.0 Å². The number of nitrogens with one attached hydrogen (secondary N) is 2. The Balaban J connectivity index is 2.90. The van der Waals surface area contributed by atoms with Gasteiger partial charge in [-0.15, -0.1) is 0 Å². The number of aliphatic hydroxyl groups is 1. The predicted octanol–water partition coefficient (Wildman–Crippen LogP) is 1.14. The summed E-state index contributed by atoms with van der Waals surface area (Å²) in [7, 11) is -2.20. The summed E-state index contributed by atoms with van der Waals surface area (Å²) in [6.45, 7) is 1.48. The Morgan fingerprint density at radius 2 is 2.13 bits per heavy atom. The van der Waals surface area contributed by atoms with Gasteiger partial charge in [0, 0.05) is 13.7 Å². The lowest BCUT2D eigenvalue weighted by Gasteiger charge is -2.17. The zero-order valence-electron chi connectivity index (χ0n) is 13.0. The van der Waals surface area contributed by atoms with E-state index in [1.807, 2.05) is 0 Å². The van der Waals surface area contributed by atoms with Crippen LogP contribution in [0.5, 0.6) is 0 Å². The van der Waals surface area contributed by atoms with Gasteiger partial charge in [-0.25, -0.2) is 17.6 Å². The van der Waals surface area contributed by atoms with Crippen LogP contribution < -0.4 is 10.6 Å². The second-order valence-corrected chi connectivity index (χ2v) is 7.05. The number of carbonyl (C=O) groups is 1. The summed E-state index contributed by atoms with van der Waals surface area (Å²) in [5, 5.41) is 14.0. The number of methoxy groups -OCH3 is 1. The number of urea groups is 1. The first kappa shape index (κ1) is 19.3. The minimum absolute atomic E-state index is 0.0193. The van der Waals surface area contributed by atoms with Gasteiger partial charge in [0.2, 0.25) is 0 Å². The molecule has 2 amide bonds. The summed E-state index contributed by atoms with van der Waals surface area (Å²) in [6, 6.07) is 1.86. The molecule has 0 fully saturated rings. The highest BCUT2D eigenvalue weighted by Crippen LogP contribution is 2.23. The van der Waals surface area contributed by atoms with E-state index in [1.54, 1.807) is 0 Å². The van der Waals surface area contributed by atoms with Crippen molar-refractivity contribution in [2.45, 2.75) is 24.3 Å². The third kappa shape index (κ3) is 5.77. The minimum atomic E-state index is -3.70. The number of aliphatic hydroxyl groups excluding tert-OH is 1. The summed E-state index contributed by atoms with van der Waals surface area (Å²) < 4.78 is 42.1. The number of hydrogen-bond acceptors (Lipinski definition) is 5. The van der Waals surface area contributed by atoms with Gasteiger partial charge in [-0.05, 0) is 24.6 Å². The van der Waals surface area contributed by atoms with Crippen LogP contribution in [-0.2, 0) is 14.6 Å². The van der Waals surface area contributed by atoms with Crippen LogP contribution in [0.25, 0.3) is 0 Å². The highest BCUT2D eigenvalue weighted by Gasteiger charge is 2.20. The summed E-state index contributed by atoms with van der Waals surface area (Å²) in [5.74, 6) is -0.934. The second kappa shape index (κ2) is 8.80. The first-order valence-electron chi connectivity index (χ1n) is 7.03. The lowest BCUT2D eigenvalue weighted by Crippen LogP contribution is -2.41. The molecule has 1 rings (SSSR count). The molecule has 0 aromatic heterocycles. The van der Waals surface area contributed by atoms with Gasteiger partial charge in [-0.2, -0.15) is 0 Å². The van der Waals surface area contributed by atoms with Gasteiger partial charge in [0.25, 0.3) is 0 Å². The topological polar surface area (TPSA) is 105 Å². The van der Waals surface area contributed by atoms with E-state index < -0.39 is 27.7 Å². The van der Waals surface area contributed by atoms with Crippen LogP contribution in [0.15, 0.2) is 23.1 Å². The molecular weight excluding hydrogens is 327 g/mol. The number of carbonyl (C=O) groups excluding carboxylic acids is 1. The zero-order valence-corrected chi connectivity index (χ0v) is 13.8. The lowest BCUT2D eigenvalue weighted by molar-refractivity contribution is 0.161. The molecule has 23 heavy (non-hydrogen) atoms. The number of benzene rings is 1. The maximum absolute atomic E-state index is 13.3. The smallest absolute Gasteiger partial charge is 0.319 e. The number of ether oxygens (including phenoxy) is 1. The van der Waals surface area contributed by atoms with Crippen molar-refractivity contribution in [1.29, 1.82) is 0 Å². The van der Waals surface area contributed by atoms with E-state index >= 15 is 0 Å². The van der Waals surface area contributed by atoms with Gasteiger partial charge in [-0.3, -0.25) is 0 Å². The molecule has 1 atom stereocenters. The highest BCUT2D eigenvalue weighted by atomic mass is 32.2. The number of anilines is 1. The summed E-state index contributed by atoms with van der Waals surface area (Å²) in [4.78, 5) is 11.6. The molecule has 130 valence electrons. The monoisotopic (exact) mass is 348 g/mol. The number of halogens is 1. The Kier molecular flexibility index (Phi) is 7.40. The molecule has 0 heterocycles. The molecule has 0 aliphatic carbocycles. The molecule has 1 aromatic carbocycles. The maximum Gasteiger partial charge on any atom is 0.319 e. The molecule has 0 spiro atoms. The second-order valence-electron chi connectivity index (χ2n) is 4.80. The molecular formula is C14H21FN2O5S. The third-order valence-corrected chi connectivity index (χ3v) is 4.90. The standard InChI is InChI=1S/C14H21FN2O5S/c1-3-23(20,21)13-8-10(15)4-5-12(13)17-14(19)16-11(9-18)6-7-22-2/h4-5,8,11,18H,3,6-7,9H2,1-2H3,(H2,16,17,19)/t11-/m0/s1. The van der Waals surface area contributed by atoms with E-state index in [9.17, 15) is 22.7 Å². The van der Waals surface area contributed by atoms with Crippen LogP contribution in [0.4, 0.5) is 14.9 Å². The van der Waals surface area contributed by atoms with Crippen molar-refractivity contribution in [2.75, 3.05) is 31.4 Å². The van der Waals surface area contributed by atoms with E-state index in [1.165, 1.54) is 20.1 Å². The van der Waals surface area contributed by atoms with Crippen molar-refractivity contribution in [2.24, 2.45) is 0 Å². The molecule has 1 aromatic rings. The van der Waals surface area contributed by atoms with E-state index in [0.717, 1.165) is 12.1 Å². The molecule has 0 bridgehead atoms. The molecule has 0 radical (unpaired) electrons. The summed E-state index contributed by atoms with van der Waals surface area (Å²) in [6.07, 6.45) is 0.393. The van der Waals surface area contributed by atoms with Crippen LogP contribution in [0.1, 0.15) is 13.3 Å². The van der Waals surface area contributed by atoms with Gasteiger partial charge in [0.1, 0.15) is 5.82 Å². The number of rotatable bonds is 8. The van der Waals surface area contributed by atoms with Crippen molar-refractivity contribution >= 4 is 21.6 Å². The van der Waals surface area contributed by atoms with E-state index in [-0.39, 0.29) is 22.9 Å². The van der Waals surface area contributed by atoms with Crippen LogP contribution in [0.2, 0.25) is 0 Å². The van der Waals surface area contributed by atoms with Crippen molar-refractivity contribution in [3.05, 3.63) is 24.0 Å². The van der Waals surface area contributed by atoms with Crippen molar-refractivity contribution in [3.63, 3.8) is 0 Å². The average molecular weight is 348 g/mol. The fourth-order valence-corrected chi connectivity index (χ4v) is 2.88. The summed E-state index contributed by atoms with van der Waals surface area (Å²) in [5.41, 5.74) is -0.0193. The molecule has 0 saturated heterocycles. The molecule has 3 N–H and O–H groups in total. The van der Waals surface area contributed by atoms with Crippen LogP contribution in [-0.4, -0.2) is 51.7 Å². The number of sulfone groups is 1. The van der Waals surface area contributed by atoms with Gasteiger partial charge >= 0.3 is 6.03 Å². The molecule has 0 aliphatic rings. The van der Waals surface area contributed by atoms with Crippen LogP contribution in [0, 0.1) is 5.82 Å². The SMILES string of the molecule is CCS(=O)(=O)c1cc(F)ccc1NC(=O)N[C@H](CO)CCOC. The molecule has 0 unspecified atom stereocenters. The Morgan fingerprint density at radius 1 is 1.43 bits per heavy atom. The van der Waals surface area contributed by atoms with Gasteiger partial charge in [-0.1, -0.05) is 6.92 Å². The largest absolute Gasteiger partial charge is 0.394 e. The van der Waals surface area contributed by atoms with Gasteiger partial charge in [0.15, 0.2) is 9.84 Å². The number of hydrogen-bond donors (Lipinski definition) is 3. The van der Waals surface area contributed by atoms with Crippen molar-refractivity contribution in [1.82, 2.24) is 5.32 Å². The summed E-state index contributed by atoms with van der Waals surface area (Å²) >= 11 is 0. The average Bonchev–Trinajstić information content (AvgIpc) is 2.52. The molecule has 0 saturated carbocycles. The third-order valence-electron chi connectivity index (χ3n) is 3.13. The Labute approximate surface area is 134 Å². The Morgan fingerprint density at radius 3 is 2.70 bits per heavy atom. The molecule has 0 aliphatic heterocycles. The van der Waals surface area contributed by atoms with Crippen molar-refractivity contribution < 1.29 is 27.4 Å². The maximum atomic E-state index is 13.3. The normalized spacial score (nSPS) is 12.7. The highest BCUT2D eigenvalue weighted by molar-refractivity contribution is 7.91. The first-order chi connectivity index (χ1) is 10.8. The lowest BCUT2D eigenvalue weighted by atomic mass is 10.2. The first-order valence-corrected chi connectivity index (χ1v) is 8.68. The quantitative estimate of drug-likeness (QED) is 0.653. The fourth-order valence-electron chi connectivity index (χ4n) is 1.83. The van der Waals surface area contributed by atoms with Crippen LogP contribution in [0.3, 0.4) is 0 Å². The Bertz CT molecular complexity index is 636.